The van der Waals surface area contributed by atoms with Gasteiger partial charge in [-0.25, -0.2) is 0 Å². The highest BCUT2D eigenvalue weighted by atomic mass is 35.5. The fraction of sp³-hybridized carbons (Fsp3) is 0.533. The van der Waals surface area contributed by atoms with E-state index < -0.39 is 11.5 Å². The zero-order valence-corrected chi connectivity index (χ0v) is 14.2. The topological polar surface area (TPSA) is 49.3 Å². The number of hydrogen-bond acceptors (Lipinski definition) is 3. The van der Waals surface area contributed by atoms with Gasteiger partial charge in [-0.3, -0.25) is 4.79 Å². The summed E-state index contributed by atoms with van der Waals surface area (Å²) in [6.45, 7) is 2.75. The van der Waals surface area contributed by atoms with E-state index in [4.69, 9.17) is 23.2 Å². The van der Waals surface area contributed by atoms with E-state index >= 15 is 0 Å². The highest BCUT2D eigenvalue weighted by molar-refractivity contribution is 7.99. The average molecular weight is 348 g/mol. The first kappa shape index (κ1) is 16.9. The van der Waals surface area contributed by atoms with E-state index in [9.17, 15) is 9.90 Å². The predicted molar refractivity (Wildman–Crippen MR) is 88.6 cm³/mol. The Bertz CT molecular complexity index is 522. The molecule has 0 bridgehead atoms. The van der Waals surface area contributed by atoms with Gasteiger partial charge in [0.1, 0.15) is 5.54 Å². The maximum absolute atomic E-state index is 11.8. The standard InChI is InChI=1S/C15H19Cl2NO2S/c1-2-7-18-15(14(19)20,10-3-4-10)9-21-11-5-6-12(16)13(17)8-11/h5-6,8,10,18H,2-4,7,9H2,1H3,(H,19,20). The van der Waals surface area contributed by atoms with Crippen LogP contribution in [0.25, 0.3) is 0 Å². The van der Waals surface area contributed by atoms with E-state index in [1.54, 1.807) is 12.1 Å². The van der Waals surface area contributed by atoms with Crippen LogP contribution in [0.3, 0.4) is 0 Å². The summed E-state index contributed by atoms with van der Waals surface area (Å²) < 4.78 is 0. The summed E-state index contributed by atoms with van der Waals surface area (Å²) in [5.74, 6) is -0.0480. The maximum atomic E-state index is 11.8. The molecule has 1 unspecified atom stereocenters. The zero-order valence-electron chi connectivity index (χ0n) is 11.9. The van der Waals surface area contributed by atoms with Gasteiger partial charge in [-0.1, -0.05) is 30.1 Å². The van der Waals surface area contributed by atoms with Gasteiger partial charge in [0.2, 0.25) is 0 Å². The SMILES string of the molecule is CCCNC(CSc1ccc(Cl)c(Cl)c1)(C(=O)O)C1CC1. The van der Waals surface area contributed by atoms with E-state index in [1.807, 2.05) is 13.0 Å². The molecule has 116 valence electrons. The van der Waals surface area contributed by atoms with Crippen LogP contribution in [-0.4, -0.2) is 28.9 Å². The molecule has 1 atom stereocenters. The molecular formula is C15H19Cl2NO2S. The van der Waals surface area contributed by atoms with Crippen molar-refractivity contribution in [2.45, 2.75) is 36.6 Å². The Morgan fingerprint density at radius 3 is 2.67 bits per heavy atom. The monoisotopic (exact) mass is 347 g/mol. The number of benzene rings is 1. The van der Waals surface area contributed by atoms with Crippen molar-refractivity contribution in [2.24, 2.45) is 5.92 Å². The van der Waals surface area contributed by atoms with E-state index in [2.05, 4.69) is 5.32 Å². The molecule has 1 aromatic carbocycles. The first-order chi connectivity index (χ1) is 9.99. The summed E-state index contributed by atoms with van der Waals surface area (Å²) in [4.78, 5) is 12.8. The van der Waals surface area contributed by atoms with E-state index in [0.29, 0.717) is 22.3 Å². The lowest BCUT2D eigenvalue weighted by Crippen LogP contribution is -2.56. The zero-order chi connectivity index (χ0) is 15.5. The molecule has 0 heterocycles. The molecule has 21 heavy (non-hydrogen) atoms. The molecule has 0 aliphatic heterocycles. The number of carboxylic acids is 1. The maximum Gasteiger partial charge on any atom is 0.325 e. The summed E-state index contributed by atoms with van der Waals surface area (Å²) in [6.07, 6.45) is 2.87. The second-order valence-electron chi connectivity index (χ2n) is 5.34. The van der Waals surface area contributed by atoms with Gasteiger partial charge in [0.25, 0.3) is 0 Å². The van der Waals surface area contributed by atoms with Gasteiger partial charge < -0.3 is 10.4 Å². The van der Waals surface area contributed by atoms with E-state index in [1.165, 1.54) is 11.8 Å². The fourth-order valence-electron chi connectivity index (χ4n) is 2.31. The van der Waals surface area contributed by atoms with Crippen molar-refractivity contribution in [2.75, 3.05) is 12.3 Å². The molecule has 0 spiro atoms. The van der Waals surface area contributed by atoms with E-state index in [-0.39, 0.29) is 5.92 Å². The quantitative estimate of drug-likeness (QED) is 0.687. The average Bonchev–Trinajstić information content (AvgIpc) is 3.27. The third-order valence-electron chi connectivity index (χ3n) is 3.70. The number of aliphatic carboxylic acids is 1. The molecule has 1 aromatic rings. The molecule has 0 saturated heterocycles. The van der Waals surface area contributed by atoms with Gasteiger partial charge in [-0.05, 0) is 49.9 Å². The van der Waals surface area contributed by atoms with Crippen molar-refractivity contribution in [3.63, 3.8) is 0 Å². The Balaban J connectivity index is 2.10. The third-order valence-corrected chi connectivity index (χ3v) is 5.63. The fourth-order valence-corrected chi connectivity index (χ4v) is 3.90. The molecule has 1 saturated carbocycles. The molecule has 1 fully saturated rings. The number of carbonyl (C=O) groups is 1. The Labute approximate surface area is 139 Å². The molecule has 3 nitrogen and oxygen atoms in total. The van der Waals surface area contributed by atoms with Gasteiger partial charge in [0, 0.05) is 10.6 Å². The minimum Gasteiger partial charge on any atom is -0.480 e. The number of carboxylic acid groups (broad SMARTS) is 1. The van der Waals surface area contributed by atoms with Gasteiger partial charge in [0.05, 0.1) is 10.0 Å². The minimum absolute atomic E-state index is 0.219. The normalized spacial score (nSPS) is 17.5. The lowest BCUT2D eigenvalue weighted by Gasteiger charge is -2.30. The molecule has 0 radical (unpaired) electrons. The summed E-state index contributed by atoms with van der Waals surface area (Å²) in [7, 11) is 0. The first-order valence-electron chi connectivity index (χ1n) is 7.06. The summed E-state index contributed by atoms with van der Waals surface area (Å²) in [5, 5.41) is 14.0. The first-order valence-corrected chi connectivity index (χ1v) is 8.80. The number of halogens is 2. The molecule has 1 aliphatic rings. The van der Waals surface area contributed by atoms with Crippen molar-refractivity contribution in [1.29, 1.82) is 0 Å². The Hall–Kier alpha value is -0.420. The van der Waals surface area contributed by atoms with Crippen LogP contribution in [0.1, 0.15) is 26.2 Å². The molecule has 6 heteroatoms. The molecular weight excluding hydrogens is 329 g/mol. The largest absolute Gasteiger partial charge is 0.480 e. The Kier molecular flexibility index (Phi) is 5.83. The predicted octanol–water partition coefficient (Wildman–Crippen LogP) is 4.32. The van der Waals surface area contributed by atoms with Crippen LogP contribution in [0.4, 0.5) is 0 Å². The second-order valence-corrected chi connectivity index (χ2v) is 7.21. The van der Waals surface area contributed by atoms with Crippen LogP contribution in [0, 0.1) is 5.92 Å². The Morgan fingerprint density at radius 2 is 2.14 bits per heavy atom. The van der Waals surface area contributed by atoms with Crippen molar-refractivity contribution in [3.05, 3.63) is 28.2 Å². The smallest absolute Gasteiger partial charge is 0.325 e. The third kappa shape index (κ3) is 4.07. The van der Waals surface area contributed by atoms with Crippen LogP contribution in [0.15, 0.2) is 23.1 Å². The molecule has 2 rings (SSSR count). The van der Waals surface area contributed by atoms with Crippen LogP contribution in [-0.2, 0) is 4.79 Å². The van der Waals surface area contributed by atoms with Crippen molar-refractivity contribution >= 4 is 40.9 Å². The molecule has 0 aromatic heterocycles. The lowest BCUT2D eigenvalue weighted by atomic mass is 9.95. The van der Waals surface area contributed by atoms with Gasteiger partial charge in [-0.2, -0.15) is 0 Å². The van der Waals surface area contributed by atoms with Crippen LogP contribution in [0.2, 0.25) is 10.0 Å². The van der Waals surface area contributed by atoms with Crippen LogP contribution < -0.4 is 5.32 Å². The highest BCUT2D eigenvalue weighted by Crippen LogP contribution is 2.43. The summed E-state index contributed by atoms with van der Waals surface area (Å²) in [6, 6.07) is 5.40. The number of hydrogen-bond donors (Lipinski definition) is 2. The summed E-state index contributed by atoms with van der Waals surface area (Å²) >= 11 is 13.4. The van der Waals surface area contributed by atoms with Crippen molar-refractivity contribution < 1.29 is 9.90 Å². The number of nitrogens with one attached hydrogen (secondary N) is 1. The van der Waals surface area contributed by atoms with Crippen LogP contribution in [0.5, 0.6) is 0 Å². The highest BCUT2D eigenvalue weighted by Gasteiger charge is 2.50. The van der Waals surface area contributed by atoms with Gasteiger partial charge in [-0.15, -0.1) is 11.8 Å². The van der Waals surface area contributed by atoms with Crippen LogP contribution >= 0.6 is 35.0 Å². The summed E-state index contributed by atoms with van der Waals surface area (Å²) in [5.41, 5.74) is -0.840. The van der Waals surface area contributed by atoms with Crippen molar-refractivity contribution in [3.8, 4) is 0 Å². The van der Waals surface area contributed by atoms with Crippen molar-refractivity contribution in [1.82, 2.24) is 5.32 Å². The number of rotatable bonds is 8. The van der Waals surface area contributed by atoms with Gasteiger partial charge >= 0.3 is 5.97 Å². The number of thioether (sulfide) groups is 1. The minimum atomic E-state index is -0.840. The molecule has 0 amide bonds. The van der Waals surface area contributed by atoms with Gasteiger partial charge in [0.15, 0.2) is 0 Å². The Morgan fingerprint density at radius 1 is 1.43 bits per heavy atom. The molecule has 1 aliphatic carbocycles. The van der Waals surface area contributed by atoms with E-state index in [0.717, 1.165) is 24.2 Å². The second kappa shape index (κ2) is 7.23. The molecule has 2 N–H and O–H groups in total. The lowest BCUT2D eigenvalue weighted by molar-refractivity contribution is -0.144.